The summed E-state index contributed by atoms with van der Waals surface area (Å²) in [6.07, 6.45) is -3.11. The van der Waals surface area contributed by atoms with Gasteiger partial charge in [0.05, 0.1) is 12.8 Å². The number of hydrogen-bond acceptors (Lipinski definition) is 7. The number of rotatable bonds is 12. The third kappa shape index (κ3) is 10.5. The monoisotopic (exact) mass is 537 g/mol. The molecular formula is C23H31F3NO6PS. The van der Waals surface area contributed by atoms with Crippen molar-refractivity contribution in [3.63, 3.8) is 0 Å². The van der Waals surface area contributed by atoms with E-state index in [0.717, 1.165) is 4.70 Å². The maximum atomic E-state index is 13.3. The zero-order valence-electron chi connectivity index (χ0n) is 20.1. The molecule has 196 valence electrons. The Morgan fingerprint density at radius 3 is 2.51 bits per heavy atom. The van der Waals surface area contributed by atoms with Gasteiger partial charge >= 0.3 is 18.1 Å². The van der Waals surface area contributed by atoms with Crippen molar-refractivity contribution in [2.24, 2.45) is 0 Å². The summed E-state index contributed by atoms with van der Waals surface area (Å²) in [6, 6.07) is 5.26. The number of thiophene rings is 1. The van der Waals surface area contributed by atoms with E-state index in [1.54, 1.807) is 31.2 Å². The van der Waals surface area contributed by atoms with Gasteiger partial charge in [0.2, 0.25) is 0 Å². The average molecular weight is 538 g/mol. The molecule has 2 atom stereocenters. The number of halogens is 3. The molecule has 0 radical (unpaired) electrons. The Bertz CT molecular complexity index is 1040. The molecule has 0 aliphatic carbocycles. The molecule has 0 fully saturated rings. The highest BCUT2D eigenvalue weighted by molar-refractivity contribution is 7.56. The third-order valence-electron chi connectivity index (χ3n) is 4.13. The number of carbonyl (C=O) groups is 2. The van der Waals surface area contributed by atoms with Crippen LogP contribution in [0.4, 0.5) is 13.2 Å². The largest absolute Gasteiger partial charge is 0.465 e. The van der Waals surface area contributed by atoms with Crippen LogP contribution in [0.15, 0.2) is 36.9 Å². The molecule has 2 aromatic rings. The van der Waals surface area contributed by atoms with Crippen LogP contribution in [0.25, 0.3) is 10.1 Å². The van der Waals surface area contributed by atoms with Crippen molar-refractivity contribution in [2.75, 3.05) is 19.8 Å². The van der Waals surface area contributed by atoms with E-state index in [-0.39, 0.29) is 13.2 Å². The zero-order valence-corrected chi connectivity index (χ0v) is 21.9. The molecule has 35 heavy (non-hydrogen) atoms. The molecule has 1 N–H and O–H groups in total. The predicted octanol–water partition coefficient (Wildman–Crippen LogP) is 6.47. The van der Waals surface area contributed by atoms with Gasteiger partial charge in [0.15, 0.2) is 6.61 Å². The van der Waals surface area contributed by atoms with Crippen LogP contribution in [0, 0.1) is 0 Å². The van der Waals surface area contributed by atoms with Crippen LogP contribution in [0.3, 0.4) is 0 Å². The van der Waals surface area contributed by atoms with Gasteiger partial charge in [-0.2, -0.15) is 13.2 Å². The van der Waals surface area contributed by atoms with E-state index in [2.05, 4.69) is 11.7 Å². The molecule has 0 aliphatic rings. The minimum absolute atomic E-state index is 0.0581. The van der Waals surface area contributed by atoms with Gasteiger partial charge in [-0.05, 0) is 42.5 Å². The Balaban J connectivity index is 0.00000298. The van der Waals surface area contributed by atoms with E-state index in [0.29, 0.717) is 22.2 Å². The number of nitrogens with one attached hydrogen (secondary N) is 1. The Morgan fingerprint density at radius 1 is 1.23 bits per heavy atom. The van der Waals surface area contributed by atoms with Crippen LogP contribution < -0.4 is 5.09 Å². The number of esters is 2. The highest BCUT2D eigenvalue weighted by Gasteiger charge is 2.36. The summed E-state index contributed by atoms with van der Waals surface area (Å²) < 4.78 is 67.0. The van der Waals surface area contributed by atoms with Crippen molar-refractivity contribution in [1.82, 2.24) is 5.09 Å². The quantitative estimate of drug-likeness (QED) is 0.188. The van der Waals surface area contributed by atoms with Gasteiger partial charge in [0.25, 0.3) is 7.52 Å². The van der Waals surface area contributed by atoms with Crippen LogP contribution in [0.1, 0.15) is 49.4 Å². The molecule has 0 saturated heterocycles. The first-order chi connectivity index (χ1) is 16.5. The molecule has 0 spiro atoms. The lowest BCUT2D eigenvalue weighted by atomic mass is 10.2. The average Bonchev–Trinajstić information content (AvgIpc) is 3.24. The number of fused-ring (bicyclic) bond motifs is 1. The highest BCUT2D eigenvalue weighted by Crippen LogP contribution is 2.48. The molecule has 0 aliphatic heterocycles. The standard InChI is InChI=1S/C21H25F3NO6PS.C2H6/c1-4-8-29-19(26)14(3)25-32(28,31-13-21(22,23)24)12-15-6-7-17-16(10-15)11-18(33-17)20(27)30-9-5-2;1-2/h5-7,10-11,14H,2,4,8-9,12-13H2,1,3H3,(H,25,28);1-2H3. The van der Waals surface area contributed by atoms with Gasteiger partial charge in [0, 0.05) is 4.70 Å². The number of carbonyl (C=O) groups excluding carboxylic acids is 2. The van der Waals surface area contributed by atoms with Crippen LogP contribution >= 0.6 is 18.9 Å². The summed E-state index contributed by atoms with van der Waals surface area (Å²) in [5.74, 6) is -1.28. The molecule has 0 amide bonds. The van der Waals surface area contributed by atoms with Crippen molar-refractivity contribution in [2.45, 2.75) is 52.5 Å². The van der Waals surface area contributed by atoms with Gasteiger partial charge in [-0.25, -0.2) is 9.88 Å². The fraction of sp³-hybridized carbons (Fsp3) is 0.478. The summed E-state index contributed by atoms with van der Waals surface area (Å²) in [7, 11) is -4.16. The van der Waals surface area contributed by atoms with E-state index in [9.17, 15) is 27.3 Å². The van der Waals surface area contributed by atoms with Gasteiger partial charge in [-0.1, -0.05) is 39.5 Å². The first kappa shape index (κ1) is 30.8. The molecular weight excluding hydrogens is 506 g/mol. The van der Waals surface area contributed by atoms with Crippen LogP contribution in [0.5, 0.6) is 0 Å². The maximum Gasteiger partial charge on any atom is 0.412 e. The maximum absolute atomic E-state index is 13.3. The smallest absolute Gasteiger partial charge is 0.412 e. The lowest BCUT2D eigenvalue weighted by molar-refractivity contribution is -0.153. The number of alkyl halides is 3. The third-order valence-corrected chi connectivity index (χ3v) is 7.34. The Labute approximate surface area is 207 Å². The first-order valence-electron chi connectivity index (χ1n) is 11.0. The highest BCUT2D eigenvalue weighted by atomic mass is 32.1. The van der Waals surface area contributed by atoms with Crippen molar-refractivity contribution >= 4 is 40.9 Å². The SMILES string of the molecule is C=CCOC(=O)c1cc2cc(CP(=O)(NC(C)C(=O)OCCC)OCC(F)(F)F)ccc2s1.CC. The van der Waals surface area contributed by atoms with Crippen molar-refractivity contribution < 1.29 is 41.3 Å². The molecule has 0 saturated carbocycles. The van der Waals surface area contributed by atoms with Crippen molar-refractivity contribution in [1.29, 1.82) is 0 Å². The fourth-order valence-electron chi connectivity index (χ4n) is 2.72. The number of benzene rings is 1. The van der Waals surface area contributed by atoms with E-state index >= 15 is 0 Å². The first-order valence-corrected chi connectivity index (χ1v) is 13.6. The van der Waals surface area contributed by atoms with E-state index < -0.39 is 44.4 Å². The van der Waals surface area contributed by atoms with Gasteiger partial charge in [-0.15, -0.1) is 11.3 Å². The number of hydrogen-bond donors (Lipinski definition) is 1. The molecule has 1 heterocycles. The van der Waals surface area contributed by atoms with Gasteiger partial charge in [-0.3, -0.25) is 9.36 Å². The molecule has 0 bridgehead atoms. The summed E-state index contributed by atoms with van der Waals surface area (Å²) in [6.45, 7) is 9.04. The summed E-state index contributed by atoms with van der Waals surface area (Å²) in [4.78, 5) is 24.4. The second-order valence-corrected chi connectivity index (χ2v) is 10.4. The minimum atomic E-state index is -4.71. The minimum Gasteiger partial charge on any atom is -0.465 e. The Morgan fingerprint density at radius 2 is 1.91 bits per heavy atom. The molecule has 2 rings (SSSR count). The van der Waals surface area contributed by atoms with E-state index in [4.69, 9.17) is 14.0 Å². The van der Waals surface area contributed by atoms with Crippen molar-refractivity contribution in [3.05, 3.63) is 47.4 Å². The van der Waals surface area contributed by atoms with Crippen LogP contribution in [-0.2, 0) is 29.5 Å². The molecule has 1 aromatic heterocycles. The molecule has 1 aromatic carbocycles. The predicted molar refractivity (Wildman–Crippen MR) is 131 cm³/mol. The van der Waals surface area contributed by atoms with E-state index in [1.807, 2.05) is 13.8 Å². The summed E-state index contributed by atoms with van der Waals surface area (Å²) in [5, 5.41) is 3.02. The summed E-state index contributed by atoms with van der Waals surface area (Å²) >= 11 is 1.18. The van der Waals surface area contributed by atoms with Crippen LogP contribution in [0.2, 0.25) is 0 Å². The zero-order chi connectivity index (χ0) is 26.6. The van der Waals surface area contributed by atoms with Gasteiger partial charge in [0.1, 0.15) is 17.5 Å². The van der Waals surface area contributed by atoms with Crippen molar-refractivity contribution in [3.8, 4) is 0 Å². The Hall–Kier alpha value is -2.20. The summed E-state index contributed by atoms with van der Waals surface area (Å²) in [5.41, 5.74) is 0.401. The topological polar surface area (TPSA) is 90.9 Å². The normalized spacial score (nSPS) is 13.8. The van der Waals surface area contributed by atoms with E-state index in [1.165, 1.54) is 24.3 Å². The van der Waals surface area contributed by atoms with Crippen LogP contribution in [-0.4, -0.2) is 44.0 Å². The second kappa shape index (κ2) is 14.4. The lowest BCUT2D eigenvalue weighted by Crippen LogP contribution is -2.35. The number of ether oxygens (including phenoxy) is 2. The molecule has 2 unspecified atom stereocenters. The second-order valence-electron chi connectivity index (χ2n) is 7.11. The molecule has 12 heteroatoms. The van der Waals surface area contributed by atoms with Gasteiger partial charge < -0.3 is 14.0 Å². The molecule has 7 nitrogen and oxygen atoms in total. The lowest BCUT2D eigenvalue weighted by Gasteiger charge is -2.23. The Kier molecular flexibility index (Phi) is 12.7. The fourth-order valence-corrected chi connectivity index (χ4v) is 5.64.